The Hall–Kier alpha value is -2.62. The van der Waals surface area contributed by atoms with E-state index < -0.39 is 12.1 Å². The molecule has 1 amide bonds. The zero-order valence-corrected chi connectivity index (χ0v) is 14.3. The van der Waals surface area contributed by atoms with E-state index in [2.05, 4.69) is 19.2 Å². The number of ether oxygens (including phenoxy) is 1. The SMILES string of the molecule is CC(C)Cc1ccc(C(=O)O[C@H](C)C(=O)Nc2ccccc2)cc1. The zero-order valence-electron chi connectivity index (χ0n) is 14.3. The van der Waals surface area contributed by atoms with E-state index in [-0.39, 0.29) is 5.91 Å². The summed E-state index contributed by atoms with van der Waals surface area (Å²) in [5.41, 5.74) is 2.29. The Labute approximate surface area is 142 Å². The number of amides is 1. The maximum atomic E-state index is 12.1. The van der Waals surface area contributed by atoms with Crippen LogP contribution in [0, 0.1) is 5.92 Å². The molecule has 0 heterocycles. The van der Waals surface area contributed by atoms with Gasteiger partial charge in [-0.25, -0.2) is 4.79 Å². The third-order valence-electron chi connectivity index (χ3n) is 3.53. The van der Waals surface area contributed by atoms with Crippen LogP contribution >= 0.6 is 0 Å². The van der Waals surface area contributed by atoms with Gasteiger partial charge in [-0.05, 0) is 49.1 Å². The molecule has 0 bridgehead atoms. The molecule has 0 unspecified atom stereocenters. The molecule has 4 nitrogen and oxygen atoms in total. The Morgan fingerprint density at radius 3 is 2.17 bits per heavy atom. The Kier molecular flexibility index (Phi) is 6.13. The van der Waals surface area contributed by atoms with Crippen molar-refractivity contribution in [3.8, 4) is 0 Å². The first-order valence-corrected chi connectivity index (χ1v) is 8.11. The predicted molar refractivity (Wildman–Crippen MR) is 94.9 cm³/mol. The van der Waals surface area contributed by atoms with E-state index in [4.69, 9.17) is 4.74 Å². The molecule has 0 fully saturated rings. The number of rotatable bonds is 6. The summed E-state index contributed by atoms with van der Waals surface area (Å²) in [6.45, 7) is 5.85. The molecule has 2 aromatic carbocycles. The van der Waals surface area contributed by atoms with Crippen LogP contribution in [0.3, 0.4) is 0 Å². The van der Waals surface area contributed by atoms with Gasteiger partial charge in [0.05, 0.1) is 5.56 Å². The van der Waals surface area contributed by atoms with Crippen LogP contribution in [-0.2, 0) is 16.0 Å². The van der Waals surface area contributed by atoms with Crippen molar-refractivity contribution in [2.75, 3.05) is 5.32 Å². The van der Waals surface area contributed by atoms with Gasteiger partial charge in [0.15, 0.2) is 6.10 Å². The number of hydrogen-bond acceptors (Lipinski definition) is 3. The molecule has 0 saturated heterocycles. The second-order valence-corrected chi connectivity index (χ2v) is 6.20. The first kappa shape index (κ1) is 17.7. The molecule has 0 saturated carbocycles. The molecule has 1 atom stereocenters. The third kappa shape index (κ3) is 5.23. The number of nitrogens with one attached hydrogen (secondary N) is 1. The van der Waals surface area contributed by atoms with Gasteiger partial charge < -0.3 is 10.1 Å². The lowest BCUT2D eigenvalue weighted by Gasteiger charge is -2.14. The van der Waals surface area contributed by atoms with Gasteiger partial charge in [0, 0.05) is 5.69 Å². The molecular formula is C20H23NO3. The van der Waals surface area contributed by atoms with E-state index >= 15 is 0 Å². The highest BCUT2D eigenvalue weighted by Gasteiger charge is 2.19. The molecule has 2 rings (SSSR count). The van der Waals surface area contributed by atoms with E-state index in [1.165, 1.54) is 5.56 Å². The van der Waals surface area contributed by atoms with E-state index in [9.17, 15) is 9.59 Å². The van der Waals surface area contributed by atoms with Crippen molar-refractivity contribution >= 4 is 17.6 Å². The highest BCUT2D eigenvalue weighted by atomic mass is 16.5. The van der Waals surface area contributed by atoms with Gasteiger partial charge in [-0.3, -0.25) is 4.79 Å². The summed E-state index contributed by atoms with van der Waals surface area (Å²) < 4.78 is 5.24. The number of para-hydroxylation sites is 1. The fourth-order valence-corrected chi connectivity index (χ4v) is 2.30. The van der Waals surface area contributed by atoms with Crippen molar-refractivity contribution in [2.24, 2.45) is 5.92 Å². The number of benzene rings is 2. The largest absolute Gasteiger partial charge is 0.449 e. The minimum absolute atomic E-state index is 0.356. The third-order valence-corrected chi connectivity index (χ3v) is 3.53. The van der Waals surface area contributed by atoms with Crippen LogP contribution < -0.4 is 5.32 Å². The number of anilines is 1. The zero-order chi connectivity index (χ0) is 17.5. The van der Waals surface area contributed by atoms with Crippen molar-refractivity contribution in [2.45, 2.75) is 33.3 Å². The molecule has 0 aromatic heterocycles. The summed E-state index contributed by atoms with van der Waals surface area (Å²) in [4.78, 5) is 24.2. The molecule has 0 aliphatic heterocycles. The lowest BCUT2D eigenvalue weighted by molar-refractivity contribution is -0.123. The maximum Gasteiger partial charge on any atom is 0.338 e. The Morgan fingerprint density at radius 1 is 0.958 bits per heavy atom. The monoisotopic (exact) mass is 325 g/mol. The average Bonchev–Trinajstić information content (AvgIpc) is 2.55. The van der Waals surface area contributed by atoms with Crippen molar-refractivity contribution in [3.63, 3.8) is 0 Å². The van der Waals surface area contributed by atoms with Gasteiger partial charge in [-0.15, -0.1) is 0 Å². The van der Waals surface area contributed by atoms with Crippen LogP contribution in [0.15, 0.2) is 54.6 Å². The Morgan fingerprint density at radius 2 is 1.58 bits per heavy atom. The number of hydrogen-bond donors (Lipinski definition) is 1. The molecule has 0 aliphatic rings. The van der Waals surface area contributed by atoms with Crippen molar-refractivity contribution < 1.29 is 14.3 Å². The van der Waals surface area contributed by atoms with Crippen LogP contribution in [0.1, 0.15) is 36.7 Å². The van der Waals surface area contributed by atoms with Gasteiger partial charge in [0.1, 0.15) is 0 Å². The summed E-state index contributed by atoms with van der Waals surface area (Å²) in [7, 11) is 0. The number of esters is 1. The fraction of sp³-hybridized carbons (Fsp3) is 0.300. The highest BCUT2D eigenvalue weighted by Crippen LogP contribution is 2.12. The van der Waals surface area contributed by atoms with Gasteiger partial charge in [-0.1, -0.05) is 44.2 Å². The maximum absolute atomic E-state index is 12.1. The normalized spacial score (nSPS) is 11.8. The minimum Gasteiger partial charge on any atom is -0.449 e. The predicted octanol–water partition coefficient (Wildman–Crippen LogP) is 4.07. The smallest absolute Gasteiger partial charge is 0.338 e. The summed E-state index contributed by atoms with van der Waals surface area (Å²) in [5, 5.41) is 2.71. The van der Waals surface area contributed by atoms with E-state index in [0.717, 1.165) is 6.42 Å². The quantitative estimate of drug-likeness (QED) is 0.815. The van der Waals surface area contributed by atoms with Crippen molar-refractivity contribution in [1.82, 2.24) is 0 Å². The second-order valence-electron chi connectivity index (χ2n) is 6.20. The number of carbonyl (C=O) groups is 2. The molecule has 4 heteroatoms. The Bertz CT molecular complexity index is 678. The highest BCUT2D eigenvalue weighted by molar-refractivity contribution is 5.97. The summed E-state index contributed by atoms with van der Waals surface area (Å²) in [5.74, 6) is -0.294. The van der Waals surface area contributed by atoms with E-state index in [1.807, 2.05) is 30.3 Å². The fourth-order valence-electron chi connectivity index (χ4n) is 2.30. The van der Waals surface area contributed by atoms with Gasteiger partial charge in [-0.2, -0.15) is 0 Å². The van der Waals surface area contributed by atoms with Gasteiger partial charge >= 0.3 is 5.97 Å². The van der Waals surface area contributed by atoms with Gasteiger partial charge in [0.2, 0.25) is 0 Å². The summed E-state index contributed by atoms with van der Waals surface area (Å²) >= 11 is 0. The molecule has 0 spiro atoms. The summed E-state index contributed by atoms with van der Waals surface area (Å²) in [6.07, 6.45) is 0.0960. The molecule has 24 heavy (non-hydrogen) atoms. The first-order chi connectivity index (χ1) is 11.5. The van der Waals surface area contributed by atoms with Crippen molar-refractivity contribution in [3.05, 3.63) is 65.7 Å². The molecule has 2 aromatic rings. The van der Waals surface area contributed by atoms with E-state index in [0.29, 0.717) is 17.2 Å². The van der Waals surface area contributed by atoms with Gasteiger partial charge in [0.25, 0.3) is 5.91 Å². The standard InChI is InChI=1S/C20H23NO3/c1-14(2)13-16-9-11-17(12-10-16)20(23)24-15(3)19(22)21-18-7-5-4-6-8-18/h4-12,14-15H,13H2,1-3H3,(H,21,22)/t15-/m1/s1. The molecule has 126 valence electrons. The first-order valence-electron chi connectivity index (χ1n) is 8.11. The van der Waals surface area contributed by atoms with Crippen LogP contribution in [0.2, 0.25) is 0 Å². The van der Waals surface area contributed by atoms with Crippen molar-refractivity contribution in [1.29, 1.82) is 0 Å². The Balaban J connectivity index is 1.92. The topological polar surface area (TPSA) is 55.4 Å². The molecule has 1 N–H and O–H groups in total. The number of carbonyl (C=O) groups excluding carboxylic acids is 2. The lowest BCUT2D eigenvalue weighted by Crippen LogP contribution is -2.29. The molecular weight excluding hydrogens is 302 g/mol. The molecule has 0 aliphatic carbocycles. The minimum atomic E-state index is -0.868. The van der Waals surface area contributed by atoms with Crippen LogP contribution in [0.4, 0.5) is 5.69 Å². The van der Waals surface area contributed by atoms with Crippen LogP contribution in [-0.4, -0.2) is 18.0 Å². The van der Waals surface area contributed by atoms with E-state index in [1.54, 1.807) is 31.2 Å². The van der Waals surface area contributed by atoms with Crippen LogP contribution in [0.5, 0.6) is 0 Å². The second kappa shape index (κ2) is 8.29. The van der Waals surface area contributed by atoms with Crippen LogP contribution in [0.25, 0.3) is 0 Å². The average molecular weight is 325 g/mol. The molecule has 0 radical (unpaired) electrons. The lowest BCUT2D eigenvalue weighted by atomic mass is 10.0. The summed E-state index contributed by atoms with van der Waals surface area (Å²) in [6, 6.07) is 16.4.